The van der Waals surface area contributed by atoms with Gasteiger partial charge < -0.3 is 26.6 Å². The van der Waals surface area contributed by atoms with Gasteiger partial charge in [-0.3, -0.25) is 4.79 Å². The number of piperidine rings is 1. The van der Waals surface area contributed by atoms with Crippen LogP contribution >= 0.6 is 0 Å². The highest BCUT2D eigenvalue weighted by Crippen LogP contribution is 2.22. The lowest BCUT2D eigenvalue weighted by atomic mass is 10.0. The van der Waals surface area contributed by atoms with Gasteiger partial charge in [-0.15, -0.1) is 0 Å². The number of anilines is 4. The van der Waals surface area contributed by atoms with E-state index in [0.717, 1.165) is 25.9 Å². The quantitative estimate of drug-likeness (QED) is 0.589. The van der Waals surface area contributed by atoms with Crippen LogP contribution < -0.4 is 21.7 Å². The Bertz CT molecular complexity index is 866. The Hall–Kier alpha value is -2.94. The largest absolute Gasteiger partial charge is 0.394 e. The molecule has 1 aliphatic heterocycles. The van der Waals surface area contributed by atoms with Crippen LogP contribution in [0.15, 0.2) is 24.4 Å². The molecule has 0 atom stereocenters. The van der Waals surface area contributed by atoms with Crippen LogP contribution in [0, 0.1) is 5.82 Å². The molecular formula is C20H28FN7O. The molecule has 1 aromatic carbocycles. The van der Waals surface area contributed by atoms with Crippen LogP contribution in [-0.4, -0.2) is 53.0 Å². The molecule has 156 valence electrons. The van der Waals surface area contributed by atoms with Gasteiger partial charge in [-0.05, 0) is 65.0 Å². The van der Waals surface area contributed by atoms with Gasteiger partial charge in [-0.2, -0.15) is 4.98 Å². The maximum atomic E-state index is 14.6. The SMILES string of the molecule is CC(C)Nc1nc(Nc2ccc(C(=O)NC3CCN(C)CC3)cc2F)ncc1N. The number of nitrogens with two attached hydrogens (primary N) is 1. The third-order valence-electron chi connectivity index (χ3n) is 4.77. The molecule has 29 heavy (non-hydrogen) atoms. The second-order valence-corrected chi connectivity index (χ2v) is 7.67. The molecule has 1 amide bonds. The average molecular weight is 401 g/mol. The molecule has 0 aliphatic carbocycles. The topological polar surface area (TPSA) is 108 Å². The van der Waals surface area contributed by atoms with Crippen molar-refractivity contribution in [3.8, 4) is 0 Å². The predicted octanol–water partition coefficient (Wildman–Crippen LogP) is 2.59. The molecule has 3 rings (SSSR count). The number of nitrogen functional groups attached to an aromatic ring is 1. The monoisotopic (exact) mass is 401 g/mol. The summed E-state index contributed by atoms with van der Waals surface area (Å²) >= 11 is 0. The number of halogens is 1. The summed E-state index contributed by atoms with van der Waals surface area (Å²) in [6.45, 7) is 5.81. The van der Waals surface area contributed by atoms with Crippen LogP contribution in [-0.2, 0) is 0 Å². The van der Waals surface area contributed by atoms with E-state index in [-0.39, 0.29) is 35.2 Å². The summed E-state index contributed by atoms with van der Waals surface area (Å²) in [6.07, 6.45) is 3.25. The van der Waals surface area contributed by atoms with Gasteiger partial charge in [-0.1, -0.05) is 0 Å². The van der Waals surface area contributed by atoms with E-state index in [0.29, 0.717) is 11.5 Å². The Morgan fingerprint density at radius 2 is 2.03 bits per heavy atom. The summed E-state index contributed by atoms with van der Waals surface area (Å²) in [6, 6.07) is 4.57. The predicted molar refractivity (Wildman–Crippen MR) is 113 cm³/mol. The first-order valence-electron chi connectivity index (χ1n) is 9.77. The molecule has 8 nitrogen and oxygen atoms in total. The summed E-state index contributed by atoms with van der Waals surface area (Å²) < 4.78 is 14.6. The number of amides is 1. The van der Waals surface area contributed by atoms with Crippen molar-refractivity contribution in [3.05, 3.63) is 35.8 Å². The zero-order chi connectivity index (χ0) is 21.0. The minimum atomic E-state index is -0.556. The molecule has 1 aromatic heterocycles. The molecule has 1 saturated heterocycles. The van der Waals surface area contributed by atoms with Crippen LogP contribution in [0.1, 0.15) is 37.0 Å². The van der Waals surface area contributed by atoms with E-state index in [4.69, 9.17) is 5.73 Å². The summed E-state index contributed by atoms with van der Waals surface area (Å²) in [5.41, 5.74) is 6.74. The number of nitrogens with zero attached hydrogens (tertiary/aromatic N) is 3. The Kier molecular flexibility index (Phi) is 6.48. The van der Waals surface area contributed by atoms with Crippen molar-refractivity contribution in [1.82, 2.24) is 20.2 Å². The Morgan fingerprint density at radius 3 is 2.69 bits per heavy atom. The number of hydrogen-bond donors (Lipinski definition) is 4. The van der Waals surface area contributed by atoms with E-state index in [2.05, 4.69) is 37.9 Å². The number of nitrogens with one attached hydrogen (secondary N) is 3. The lowest BCUT2D eigenvalue weighted by Crippen LogP contribution is -2.43. The van der Waals surface area contributed by atoms with Crippen LogP contribution in [0.4, 0.5) is 27.5 Å². The normalized spacial score (nSPS) is 15.3. The summed E-state index contributed by atoms with van der Waals surface area (Å²) in [7, 11) is 2.06. The van der Waals surface area contributed by atoms with Crippen LogP contribution in [0.2, 0.25) is 0 Å². The lowest BCUT2D eigenvalue weighted by molar-refractivity contribution is 0.0916. The molecule has 5 N–H and O–H groups in total. The number of hydrogen-bond acceptors (Lipinski definition) is 7. The highest BCUT2D eigenvalue weighted by molar-refractivity contribution is 5.94. The minimum absolute atomic E-state index is 0.120. The van der Waals surface area contributed by atoms with Gasteiger partial charge in [0.1, 0.15) is 5.82 Å². The molecule has 0 spiro atoms. The van der Waals surface area contributed by atoms with Crippen molar-refractivity contribution in [2.75, 3.05) is 36.5 Å². The second-order valence-electron chi connectivity index (χ2n) is 7.67. The Morgan fingerprint density at radius 1 is 1.31 bits per heavy atom. The molecule has 0 bridgehead atoms. The van der Waals surface area contributed by atoms with Gasteiger partial charge in [0.15, 0.2) is 5.82 Å². The third-order valence-corrected chi connectivity index (χ3v) is 4.77. The molecule has 9 heteroatoms. The number of carbonyl (C=O) groups excluding carboxylic acids is 1. The lowest BCUT2D eigenvalue weighted by Gasteiger charge is -2.29. The summed E-state index contributed by atoms with van der Waals surface area (Å²) in [5, 5.41) is 8.93. The first-order chi connectivity index (χ1) is 13.8. The van der Waals surface area contributed by atoms with Crippen molar-refractivity contribution >= 4 is 29.0 Å². The van der Waals surface area contributed by atoms with E-state index < -0.39 is 5.82 Å². The molecular weight excluding hydrogens is 373 g/mol. The number of carbonyl (C=O) groups is 1. The number of benzene rings is 1. The zero-order valence-corrected chi connectivity index (χ0v) is 17.0. The second kappa shape index (κ2) is 9.04. The van der Waals surface area contributed by atoms with Gasteiger partial charge in [0.25, 0.3) is 5.91 Å². The van der Waals surface area contributed by atoms with E-state index in [1.807, 2.05) is 13.8 Å². The molecule has 0 radical (unpaired) electrons. The summed E-state index contributed by atoms with van der Waals surface area (Å²) in [4.78, 5) is 23.0. The Labute approximate surface area is 170 Å². The van der Waals surface area contributed by atoms with Gasteiger partial charge in [-0.25, -0.2) is 9.37 Å². The average Bonchev–Trinajstić information content (AvgIpc) is 2.67. The molecule has 1 aliphatic rings. The van der Waals surface area contributed by atoms with E-state index in [1.54, 1.807) is 6.07 Å². The molecule has 2 heterocycles. The van der Waals surface area contributed by atoms with Crippen molar-refractivity contribution in [2.24, 2.45) is 0 Å². The van der Waals surface area contributed by atoms with Gasteiger partial charge in [0.05, 0.1) is 17.6 Å². The number of rotatable bonds is 6. The van der Waals surface area contributed by atoms with E-state index in [1.165, 1.54) is 18.3 Å². The highest BCUT2D eigenvalue weighted by Gasteiger charge is 2.20. The first kappa shape index (κ1) is 20.8. The van der Waals surface area contributed by atoms with Crippen molar-refractivity contribution in [1.29, 1.82) is 0 Å². The Balaban J connectivity index is 1.67. The number of aromatic nitrogens is 2. The van der Waals surface area contributed by atoms with Gasteiger partial charge >= 0.3 is 0 Å². The zero-order valence-electron chi connectivity index (χ0n) is 17.0. The maximum absolute atomic E-state index is 14.6. The molecule has 0 saturated carbocycles. The molecule has 2 aromatic rings. The van der Waals surface area contributed by atoms with Crippen LogP contribution in [0.25, 0.3) is 0 Å². The summed E-state index contributed by atoms with van der Waals surface area (Å²) in [5.74, 6) is -0.131. The van der Waals surface area contributed by atoms with Crippen LogP contribution in [0.5, 0.6) is 0 Å². The smallest absolute Gasteiger partial charge is 0.251 e. The first-order valence-corrected chi connectivity index (χ1v) is 9.77. The van der Waals surface area contributed by atoms with Crippen molar-refractivity contribution < 1.29 is 9.18 Å². The fraction of sp³-hybridized carbons (Fsp3) is 0.450. The molecule has 0 unspecified atom stereocenters. The van der Waals surface area contributed by atoms with E-state index >= 15 is 0 Å². The highest BCUT2D eigenvalue weighted by atomic mass is 19.1. The van der Waals surface area contributed by atoms with Crippen molar-refractivity contribution in [2.45, 2.75) is 38.8 Å². The fourth-order valence-electron chi connectivity index (χ4n) is 3.14. The minimum Gasteiger partial charge on any atom is -0.394 e. The van der Waals surface area contributed by atoms with Crippen molar-refractivity contribution in [3.63, 3.8) is 0 Å². The maximum Gasteiger partial charge on any atom is 0.251 e. The standard InChI is InChI=1S/C20H28FN7O/c1-12(2)24-18-16(22)11-23-20(27-18)26-17-5-4-13(10-15(17)21)19(29)25-14-6-8-28(3)9-7-14/h4-5,10-12,14H,6-9,22H2,1-3H3,(H,25,29)(H2,23,24,26,27). The third kappa shape index (κ3) is 5.54. The molecule has 1 fully saturated rings. The van der Waals surface area contributed by atoms with Crippen LogP contribution in [0.3, 0.4) is 0 Å². The number of likely N-dealkylation sites (tertiary alicyclic amines) is 1. The van der Waals surface area contributed by atoms with Gasteiger partial charge in [0.2, 0.25) is 5.95 Å². The van der Waals surface area contributed by atoms with E-state index in [9.17, 15) is 9.18 Å². The van der Waals surface area contributed by atoms with Gasteiger partial charge in [0, 0.05) is 17.6 Å². The fourth-order valence-corrected chi connectivity index (χ4v) is 3.14.